The summed E-state index contributed by atoms with van der Waals surface area (Å²) in [4.78, 5) is 16.4. The molecule has 7 heteroatoms. The molecule has 4 aromatic rings. The number of hydrogen-bond donors (Lipinski definition) is 1. The standard InChI is InChI=1S/C22H19N5O2/c1-29-21-4-2-3-18(13-21)16-5-7-17(8-6-16)22(28)24-14-19-15-27(26-25-19)20-9-11-23-12-10-20/h2-13,15H,14H2,1H3,(H,24,28). The van der Waals surface area contributed by atoms with Gasteiger partial charge in [-0.1, -0.05) is 29.5 Å². The zero-order valence-electron chi connectivity index (χ0n) is 15.8. The SMILES string of the molecule is COc1cccc(-c2ccc(C(=O)NCc3cn(-c4ccncc4)nn3)cc2)c1. The van der Waals surface area contributed by atoms with Gasteiger partial charge in [0.25, 0.3) is 5.91 Å². The molecule has 0 aliphatic rings. The van der Waals surface area contributed by atoms with Crippen LogP contribution in [0.5, 0.6) is 5.75 Å². The molecule has 0 saturated carbocycles. The van der Waals surface area contributed by atoms with E-state index in [0.717, 1.165) is 22.6 Å². The first-order chi connectivity index (χ1) is 14.2. The maximum atomic E-state index is 12.4. The predicted octanol–water partition coefficient (Wildman–Crippen LogP) is 3.27. The molecule has 0 fully saturated rings. The van der Waals surface area contributed by atoms with Gasteiger partial charge in [0.1, 0.15) is 11.4 Å². The monoisotopic (exact) mass is 385 g/mol. The van der Waals surface area contributed by atoms with Gasteiger partial charge in [-0.05, 0) is 47.5 Å². The molecule has 29 heavy (non-hydrogen) atoms. The van der Waals surface area contributed by atoms with Gasteiger partial charge in [0.15, 0.2) is 0 Å². The van der Waals surface area contributed by atoms with Crippen molar-refractivity contribution in [2.45, 2.75) is 6.54 Å². The molecule has 0 aliphatic heterocycles. The fourth-order valence-corrected chi connectivity index (χ4v) is 2.89. The zero-order valence-corrected chi connectivity index (χ0v) is 15.8. The maximum Gasteiger partial charge on any atom is 0.251 e. The van der Waals surface area contributed by atoms with E-state index in [1.807, 2.05) is 48.5 Å². The summed E-state index contributed by atoms with van der Waals surface area (Å²) in [5.74, 6) is 0.629. The summed E-state index contributed by atoms with van der Waals surface area (Å²) >= 11 is 0. The van der Waals surface area contributed by atoms with Crippen molar-refractivity contribution in [2.24, 2.45) is 0 Å². The highest BCUT2D eigenvalue weighted by Gasteiger charge is 2.08. The Morgan fingerprint density at radius 2 is 1.83 bits per heavy atom. The molecule has 7 nitrogen and oxygen atoms in total. The van der Waals surface area contributed by atoms with Gasteiger partial charge in [-0.25, -0.2) is 4.68 Å². The number of aromatic nitrogens is 4. The number of pyridine rings is 1. The Balaban J connectivity index is 1.39. The Hall–Kier alpha value is -4.00. The molecular formula is C22H19N5O2. The fraction of sp³-hybridized carbons (Fsp3) is 0.0909. The quantitative estimate of drug-likeness (QED) is 0.551. The van der Waals surface area contributed by atoms with Crippen LogP contribution in [0.4, 0.5) is 0 Å². The molecule has 0 bridgehead atoms. The molecule has 2 heterocycles. The van der Waals surface area contributed by atoms with Crippen molar-refractivity contribution in [1.29, 1.82) is 0 Å². The number of rotatable bonds is 6. The van der Waals surface area contributed by atoms with Crippen LogP contribution in [0, 0.1) is 0 Å². The number of ether oxygens (including phenoxy) is 1. The van der Waals surface area contributed by atoms with Gasteiger partial charge >= 0.3 is 0 Å². The first-order valence-electron chi connectivity index (χ1n) is 9.07. The molecule has 0 atom stereocenters. The van der Waals surface area contributed by atoms with Gasteiger partial charge in [0.05, 0.1) is 25.5 Å². The van der Waals surface area contributed by atoms with Crippen LogP contribution in [0.1, 0.15) is 16.1 Å². The number of nitrogens with zero attached hydrogens (tertiary/aromatic N) is 4. The third-order valence-electron chi connectivity index (χ3n) is 4.45. The summed E-state index contributed by atoms with van der Waals surface area (Å²) in [5.41, 5.74) is 4.16. The van der Waals surface area contributed by atoms with Gasteiger partial charge in [-0.3, -0.25) is 9.78 Å². The topological polar surface area (TPSA) is 81.9 Å². The van der Waals surface area contributed by atoms with Crippen molar-refractivity contribution in [3.8, 4) is 22.6 Å². The van der Waals surface area contributed by atoms with E-state index in [1.54, 1.807) is 42.5 Å². The third kappa shape index (κ3) is 4.30. The lowest BCUT2D eigenvalue weighted by atomic mass is 10.0. The van der Waals surface area contributed by atoms with Crippen molar-refractivity contribution in [1.82, 2.24) is 25.3 Å². The second-order valence-electron chi connectivity index (χ2n) is 6.35. The first kappa shape index (κ1) is 18.4. The van der Waals surface area contributed by atoms with Crippen molar-refractivity contribution in [2.75, 3.05) is 7.11 Å². The van der Waals surface area contributed by atoms with Gasteiger partial charge in [-0.15, -0.1) is 5.10 Å². The summed E-state index contributed by atoms with van der Waals surface area (Å²) in [6, 6.07) is 18.9. The molecule has 0 radical (unpaired) electrons. The van der Waals surface area contributed by atoms with Crippen LogP contribution in [-0.4, -0.2) is 33.0 Å². The molecule has 1 N–H and O–H groups in total. The van der Waals surface area contributed by atoms with E-state index in [9.17, 15) is 4.79 Å². The Morgan fingerprint density at radius 1 is 1.03 bits per heavy atom. The molecule has 0 aliphatic carbocycles. The second-order valence-corrected chi connectivity index (χ2v) is 6.35. The van der Waals surface area contributed by atoms with Gasteiger partial charge in [0, 0.05) is 18.0 Å². The highest BCUT2D eigenvalue weighted by Crippen LogP contribution is 2.24. The van der Waals surface area contributed by atoms with Gasteiger partial charge in [0.2, 0.25) is 0 Å². The molecule has 0 saturated heterocycles. The lowest BCUT2D eigenvalue weighted by molar-refractivity contribution is 0.0950. The first-order valence-corrected chi connectivity index (χ1v) is 9.07. The van der Waals surface area contributed by atoms with Crippen LogP contribution < -0.4 is 10.1 Å². The molecule has 2 aromatic heterocycles. The Morgan fingerprint density at radius 3 is 2.59 bits per heavy atom. The van der Waals surface area contributed by atoms with E-state index in [2.05, 4.69) is 20.6 Å². The van der Waals surface area contributed by atoms with E-state index in [1.165, 1.54) is 0 Å². The highest BCUT2D eigenvalue weighted by atomic mass is 16.5. The average molecular weight is 385 g/mol. The number of carbonyl (C=O) groups is 1. The van der Waals surface area contributed by atoms with E-state index in [-0.39, 0.29) is 5.91 Å². The Bertz CT molecular complexity index is 1110. The van der Waals surface area contributed by atoms with Crippen molar-refractivity contribution < 1.29 is 9.53 Å². The normalized spacial score (nSPS) is 10.5. The maximum absolute atomic E-state index is 12.4. The lowest BCUT2D eigenvalue weighted by Gasteiger charge is -2.07. The number of benzene rings is 2. The number of amides is 1. The molecule has 2 aromatic carbocycles. The number of methoxy groups -OCH3 is 1. The summed E-state index contributed by atoms with van der Waals surface area (Å²) in [7, 11) is 1.64. The van der Waals surface area contributed by atoms with Crippen molar-refractivity contribution in [3.05, 3.63) is 90.5 Å². The Kier molecular flexibility index (Phi) is 5.29. The molecule has 144 valence electrons. The van der Waals surface area contributed by atoms with E-state index in [0.29, 0.717) is 17.8 Å². The average Bonchev–Trinajstić information content (AvgIpc) is 3.27. The van der Waals surface area contributed by atoms with E-state index < -0.39 is 0 Å². The number of carbonyl (C=O) groups excluding carboxylic acids is 1. The minimum absolute atomic E-state index is 0.166. The number of nitrogens with one attached hydrogen (secondary N) is 1. The number of hydrogen-bond acceptors (Lipinski definition) is 5. The van der Waals surface area contributed by atoms with Crippen LogP contribution in [-0.2, 0) is 6.54 Å². The van der Waals surface area contributed by atoms with Gasteiger partial charge in [-0.2, -0.15) is 0 Å². The van der Waals surface area contributed by atoms with E-state index in [4.69, 9.17) is 4.74 Å². The smallest absolute Gasteiger partial charge is 0.251 e. The zero-order chi connectivity index (χ0) is 20.1. The summed E-state index contributed by atoms with van der Waals surface area (Å²) in [5, 5.41) is 11.0. The lowest BCUT2D eigenvalue weighted by Crippen LogP contribution is -2.22. The molecule has 0 spiro atoms. The van der Waals surface area contributed by atoms with Crippen LogP contribution >= 0.6 is 0 Å². The largest absolute Gasteiger partial charge is 0.497 e. The molecule has 4 rings (SSSR count). The predicted molar refractivity (Wildman–Crippen MR) is 109 cm³/mol. The fourth-order valence-electron chi connectivity index (χ4n) is 2.89. The van der Waals surface area contributed by atoms with Crippen LogP contribution in [0.2, 0.25) is 0 Å². The van der Waals surface area contributed by atoms with Crippen molar-refractivity contribution >= 4 is 5.91 Å². The Labute approximate surface area is 168 Å². The molecular weight excluding hydrogens is 366 g/mol. The highest BCUT2D eigenvalue weighted by molar-refractivity contribution is 5.94. The molecule has 1 amide bonds. The van der Waals surface area contributed by atoms with Crippen molar-refractivity contribution in [3.63, 3.8) is 0 Å². The van der Waals surface area contributed by atoms with Gasteiger partial charge < -0.3 is 10.1 Å². The van der Waals surface area contributed by atoms with Crippen LogP contribution in [0.15, 0.2) is 79.3 Å². The summed E-state index contributed by atoms with van der Waals surface area (Å²) in [6.07, 6.45) is 5.16. The minimum atomic E-state index is -0.166. The van der Waals surface area contributed by atoms with E-state index >= 15 is 0 Å². The third-order valence-corrected chi connectivity index (χ3v) is 4.45. The second kappa shape index (κ2) is 8.35. The van der Waals surface area contributed by atoms with Crippen LogP contribution in [0.25, 0.3) is 16.8 Å². The minimum Gasteiger partial charge on any atom is -0.497 e. The molecule has 0 unspecified atom stereocenters. The van der Waals surface area contributed by atoms with Crippen LogP contribution in [0.3, 0.4) is 0 Å². The summed E-state index contributed by atoms with van der Waals surface area (Å²) < 4.78 is 6.91. The summed E-state index contributed by atoms with van der Waals surface area (Å²) in [6.45, 7) is 0.293.